The van der Waals surface area contributed by atoms with Crippen LogP contribution in [0, 0.1) is 0 Å². The van der Waals surface area contributed by atoms with Gasteiger partial charge in [-0.3, -0.25) is 9.36 Å². The average Bonchev–Trinajstić information content (AvgIpc) is 3.07. The zero-order valence-corrected chi connectivity index (χ0v) is 11.8. The van der Waals surface area contributed by atoms with Crippen LogP contribution in [-0.2, 0) is 7.05 Å². The van der Waals surface area contributed by atoms with Gasteiger partial charge in [0.25, 0.3) is 0 Å². The second kappa shape index (κ2) is 5.09. The topological polar surface area (TPSA) is 61.7 Å². The van der Waals surface area contributed by atoms with Crippen molar-refractivity contribution in [2.45, 2.75) is 25.4 Å². The lowest BCUT2D eigenvalue weighted by atomic mass is 10.0. The summed E-state index contributed by atoms with van der Waals surface area (Å²) >= 11 is 0. The molecule has 0 saturated heterocycles. The monoisotopic (exact) mass is 269 g/mol. The molecule has 2 heterocycles. The van der Waals surface area contributed by atoms with Gasteiger partial charge < -0.3 is 5.73 Å². The van der Waals surface area contributed by atoms with E-state index in [0.29, 0.717) is 0 Å². The van der Waals surface area contributed by atoms with Crippen LogP contribution in [0.15, 0.2) is 42.9 Å². The molecule has 5 heteroatoms. The lowest BCUT2D eigenvalue weighted by Gasteiger charge is -2.23. The zero-order valence-electron chi connectivity index (χ0n) is 11.8. The highest BCUT2D eigenvalue weighted by Gasteiger charge is 2.24. The van der Waals surface area contributed by atoms with Gasteiger partial charge in [0.05, 0.1) is 24.0 Å². The number of hydrogen-bond acceptors (Lipinski definition) is 3. The largest absolute Gasteiger partial charge is 0.326 e. The summed E-state index contributed by atoms with van der Waals surface area (Å²) in [5.41, 5.74) is 8.54. The van der Waals surface area contributed by atoms with Crippen LogP contribution in [0.3, 0.4) is 0 Å². The number of aromatic nitrogens is 4. The lowest BCUT2D eigenvalue weighted by Crippen LogP contribution is -2.32. The number of nitrogens with two attached hydrogens (primary N) is 1. The highest BCUT2D eigenvalue weighted by atomic mass is 15.3. The summed E-state index contributed by atoms with van der Waals surface area (Å²) < 4.78 is 3.82. The minimum absolute atomic E-state index is 0.00232. The van der Waals surface area contributed by atoms with Crippen LogP contribution in [0.4, 0.5) is 0 Å². The Kier molecular flexibility index (Phi) is 3.28. The quantitative estimate of drug-likeness (QED) is 0.789. The Hall–Kier alpha value is -2.14. The second-order valence-corrected chi connectivity index (χ2v) is 5.11. The molecule has 0 radical (unpaired) electrons. The van der Waals surface area contributed by atoms with Crippen LogP contribution in [0.5, 0.6) is 0 Å². The molecule has 104 valence electrons. The molecule has 20 heavy (non-hydrogen) atoms. The van der Waals surface area contributed by atoms with E-state index in [1.54, 1.807) is 4.68 Å². The van der Waals surface area contributed by atoms with Crippen molar-refractivity contribution in [2.24, 2.45) is 12.8 Å². The van der Waals surface area contributed by atoms with Crippen molar-refractivity contribution in [1.29, 1.82) is 0 Å². The molecule has 0 amide bonds. The van der Waals surface area contributed by atoms with Crippen molar-refractivity contribution in [1.82, 2.24) is 19.6 Å². The molecule has 0 spiro atoms. The third-order valence-corrected chi connectivity index (χ3v) is 3.71. The van der Waals surface area contributed by atoms with Crippen molar-refractivity contribution in [3.63, 3.8) is 0 Å². The first-order valence-electron chi connectivity index (χ1n) is 6.87. The van der Waals surface area contributed by atoms with E-state index in [4.69, 9.17) is 5.73 Å². The first-order chi connectivity index (χ1) is 9.70. The van der Waals surface area contributed by atoms with Gasteiger partial charge in [-0.25, -0.2) is 0 Å². The van der Waals surface area contributed by atoms with Gasteiger partial charge in [-0.15, -0.1) is 0 Å². The summed E-state index contributed by atoms with van der Waals surface area (Å²) in [7, 11) is 1.92. The summed E-state index contributed by atoms with van der Waals surface area (Å²) in [6.45, 7) is 2.10. The smallest absolute Gasteiger partial charge is 0.0956 e. The van der Waals surface area contributed by atoms with Crippen molar-refractivity contribution in [3.8, 4) is 0 Å². The molecule has 1 aromatic carbocycles. The third kappa shape index (κ3) is 2.10. The zero-order chi connectivity index (χ0) is 14.1. The number of fused-ring (bicyclic) bond motifs is 1. The Bertz CT molecular complexity index is 712. The molecule has 2 N–H and O–H groups in total. The van der Waals surface area contributed by atoms with Gasteiger partial charge >= 0.3 is 0 Å². The number of para-hydroxylation sites is 1. The lowest BCUT2D eigenvalue weighted by molar-refractivity contribution is 0.434. The molecule has 3 aromatic rings. The van der Waals surface area contributed by atoms with Crippen molar-refractivity contribution in [3.05, 3.63) is 48.4 Å². The Morgan fingerprint density at radius 3 is 2.70 bits per heavy atom. The van der Waals surface area contributed by atoms with E-state index in [2.05, 4.69) is 29.3 Å². The summed E-state index contributed by atoms with van der Waals surface area (Å²) in [6, 6.07) is 8.20. The molecular weight excluding hydrogens is 250 g/mol. The molecule has 0 saturated carbocycles. The standard InChI is InChI=1S/C15H19N5/c1-3-13(16)15(12-9-17-19(2)10-12)20-14-7-5-4-6-11(14)8-18-20/h4-10,13,15H,3,16H2,1-2H3. The van der Waals surface area contributed by atoms with Gasteiger partial charge in [-0.1, -0.05) is 25.1 Å². The highest BCUT2D eigenvalue weighted by molar-refractivity contribution is 5.78. The molecule has 0 fully saturated rings. The Labute approximate surface area is 118 Å². The highest BCUT2D eigenvalue weighted by Crippen LogP contribution is 2.26. The maximum absolute atomic E-state index is 6.34. The Balaban J connectivity index is 2.14. The molecule has 2 aromatic heterocycles. The fraction of sp³-hybridized carbons (Fsp3) is 0.333. The number of aryl methyl sites for hydroxylation is 1. The summed E-state index contributed by atoms with van der Waals surface area (Å²) in [6.07, 6.45) is 6.65. The van der Waals surface area contributed by atoms with Crippen molar-refractivity contribution < 1.29 is 0 Å². The van der Waals surface area contributed by atoms with Gasteiger partial charge in [0, 0.05) is 30.2 Å². The minimum atomic E-state index is 0.00232. The van der Waals surface area contributed by atoms with Gasteiger partial charge in [0.1, 0.15) is 0 Å². The number of benzene rings is 1. The summed E-state index contributed by atoms with van der Waals surface area (Å²) in [5, 5.41) is 9.94. The summed E-state index contributed by atoms with van der Waals surface area (Å²) in [4.78, 5) is 0. The van der Waals surface area contributed by atoms with Crippen LogP contribution in [-0.4, -0.2) is 25.6 Å². The fourth-order valence-electron chi connectivity index (χ4n) is 2.60. The van der Waals surface area contributed by atoms with Gasteiger partial charge in [-0.2, -0.15) is 10.2 Å². The SMILES string of the molecule is CCC(N)C(c1cnn(C)c1)n1ncc2ccccc21. The first kappa shape index (κ1) is 12.9. The molecule has 0 aliphatic carbocycles. The van der Waals surface area contributed by atoms with Gasteiger partial charge in [0.2, 0.25) is 0 Å². The van der Waals surface area contributed by atoms with E-state index in [-0.39, 0.29) is 12.1 Å². The molecule has 0 aliphatic rings. The number of rotatable bonds is 4. The fourth-order valence-corrected chi connectivity index (χ4v) is 2.60. The van der Waals surface area contributed by atoms with Crippen LogP contribution < -0.4 is 5.73 Å². The van der Waals surface area contributed by atoms with Crippen molar-refractivity contribution >= 4 is 10.9 Å². The first-order valence-corrected chi connectivity index (χ1v) is 6.87. The van der Waals surface area contributed by atoms with E-state index in [1.807, 2.05) is 42.5 Å². The predicted molar refractivity (Wildman–Crippen MR) is 79.3 cm³/mol. The molecule has 5 nitrogen and oxygen atoms in total. The third-order valence-electron chi connectivity index (χ3n) is 3.71. The molecule has 2 unspecified atom stereocenters. The van der Waals surface area contributed by atoms with E-state index in [1.165, 1.54) is 0 Å². The number of hydrogen-bond donors (Lipinski definition) is 1. The average molecular weight is 269 g/mol. The van der Waals surface area contributed by atoms with E-state index in [0.717, 1.165) is 22.9 Å². The maximum Gasteiger partial charge on any atom is 0.0956 e. The van der Waals surface area contributed by atoms with Gasteiger partial charge in [-0.05, 0) is 12.5 Å². The molecule has 0 bridgehead atoms. The number of nitrogens with zero attached hydrogens (tertiary/aromatic N) is 4. The van der Waals surface area contributed by atoms with Gasteiger partial charge in [0.15, 0.2) is 0 Å². The van der Waals surface area contributed by atoms with E-state index < -0.39 is 0 Å². The Morgan fingerprint density at radius 2 is 2.00 bits per heavy atom. The molecule has 2 atom stereocenters. The van der Waals surface area contributed by atoms with E-state index >= 15 is 0 Å². The second-order valence-electron chi connectivity index (χ2n) is 5.11. The maximum atomic E-state index is 6.34. The molecular formula is C15H19N5. The normalized spacial score (nSPS) is 14.6. The van der Waals surface area contributed by atoms with E-state index in [9.17, 15) is 0 Å². The molecule has 0 aliphatic heterocycles. The van der Waals surface area contributed by atoms with Crippen molar-refractivity contribution in [2.75, 3.05) is 0 Å². The predicted octanol–water partition coefficient (Wildman–Crippen LogP) is 2.10. The van der Waals surface area contributed by atoms with Crippen LogP contribution in [0.25, 0.3) is 10.9 Å². The van der Waals surface area contributed by atoms with Crippen LogP contribution >= 0.6 is 0 Å². The van der Waals surface area contributed by atoms with Crippen LogP contribution in [0.2, 0.25) is 0 Å². The summed E-state index contributed by atoms with van der Waals surface area (Å²) in [5.74, 6) is 0. The van der Waals surface area contributed by atoms with Crippen LogP contribution in [0.1, 0.15) is 24.9 Å². The minimum Gasteiger partial charge on any atom is -0.326 e. The molecule has 3 rings (SSSR count). The Morgan fingerprint density at radius 1 is 1.20 bits per heavy atom.